The van der Waals surface area contributed by atoms with Crippen LogP contribution in [0.15, 0.2) is 82.7 Å². The van der Waals surface area contributed by atoms with Crippen molar-refractivity contribution in [1.82, 2.24) is 9.99 Å². The molecule has 4 aromatic rings. The van der Waals surface area contributed by atoms with E-state index in [1.165, 1.54) is 12.1 Å². The molecule has 0 saturated carbocycles. The molecular weight excluding hydrogens is 535 g/mol. The zero-order valence-corrected chi connectivity index (χ0v) is 20.8. The lowest BCUT2D eigenvalue weighted by Gasteiger charge is -2.25. The van der Waals surface area contributed by atoms with Crippen LogP contribution in [-0.2, 0) is 9.59 Å². The van der Waals surface area contributed by atoms with Crippen LogP contribution in [0.25, 0.3) is 22.0 Å². The molecule has 0 aliphatic carbocycles. The summed E-state index contributed by atoms with van der Waals surface area (Å²) in [5, 5.41) is 14.7. The Hall–Kier alpha value is -4.44. The van der Waals surface area contributed by atoms with E-state index in [1.807, 2.05) is 0 Å². The SMILES string of the molecule is O=C(O)CC(F)(F)C(=O)N1N=C(c2c(-c3ccc(Cl)cc3)c3ccccc3[nH]c2=O)CC1c1ccc(F)cc1. The smallest absolute Gasteiger partial charge is 0.337 e. The zero-order chi connectivity index (χ0) is 27.9. The first-order valence-electron chi connectivity index (χ1n) is 11.7. The van der Waals surface area contributed by atoms with Gasteiger partial charge in [0.15, 0.2) is 0 Å². The molecule has 198 valence electrons. The first-order valence-corrected chi connectivity index (χ1v) is 12.1. The molecule has 2 N–H and O–H groups in total. The monoisotopic (exact) mass is 553 g/mol. The Morgan fingerprint density at radius 1 is 1.03 bits per heavy atom. The molecule has 5 rings (SSSR count). The molecule has 0 saturated heterocycles. The number of rotatable bonds is 6. The van der Waals surface area contributed by atoms with Gasteiger partial charge in [-0.1, -0.05) is 54.1 Å². The van der Waals surface area contributed by atoms with Gasteiger partial charge < -0.3 is 10.1 Å². The van der Waals surface area contributed by atoms with Crippen molar-refractivity contribution in [2.75, 3.05) is 0 Å². The molecule has 1 aromatic heterocycles. The molecule has 1 aliphatic heterocycles. The second-order valence-electron chi connectivity index (χ2n) is 9.00. The minimum atomic E-state index is -4.28. The number of para-hydroxylation sites is 1. The third-order valence-corrected chi connectivity index (χ3v) is 6.65. The van der Waals surface area contributed by atoms with E-state index < -0.39 is 41.6 Å². The van der Waals surface area contributed by atoms with Gasteiger partial charge in [0.05, 0.1) is 17.3 Å². The molecule has 0 radical (unpaired) electrons. The van der Waals surface area contributed by atoms with E-state index in [4.69, 9.17) is 16.7 Å². The topological polar surface area (TPSA) is 103 Å². The Morgan fingerprint density at radius 3 is 2.36 bits per heavy atom. The molecule has 0 bridgehead atoms. The maximum atomic E-state index is 14.7. The number of pyridine rings is 1. The number of nitrogens with one attached hydrogen (secondary N) is 1. The summed E-state index contributed by atoms with van der Waals surface area (Å²) in [6.07, 6.45) is -1.90. The van der Waals surface area contributed by atoms with Gasteiger partial charge in [0.1, 0.15) is 12.2 Å². The van der Waals surface area contributed by atoms with E-state index in [9.17, 15) is 27.6 Å². The number of aromatic amines is 1. The average Bonchev–Trinajstić information content (AvgIpc) is 3.32. The van der Waals surface area contributed by atoms with Gasteiger partial charge >= 0.3 is 17.8 Å². The number of aliphatic carboxylic acids is 1. The third-order valence-electron chi connectivity index (χ3n) is 6.40. The number of alkyl halides is 2. The Bertz CT molecular complexity index is 1690. The number of hydrazone groups is 1. The summed E-state index contributed by atoms with van der Waals surface area (Å²) in [5.41, 5.74) is 1.36. The summed E-state index contributed by atoms with van der Waals surface area (Å²) in [7, 11) is 0. The molecule has 3 aromatic carbocycles. The Morgan fingerprint density at radius 2 is 1.69 bits per heavy atom. The maximum absolute atomic E-state index is 14.7. The van der Waals surface area contributed by atoms with Crippen molar-refractivity contribution >= 4 is 40.1 Å². The van der Waals surface area contributed by atoms with Crippen molar-refractivity contribution in [3.8, 4) is 11.1 Å². The lowest BCUT2D eigenvalue weighted by atomic mass is 9.91. The molecule has 7 nitrogen and oxygen atoms in total. The highest BCUT2D eigenvalue weighted by molar-refractivity contribution is 6.30. The second-order valence-corrected chi connectivity index (χ2v) is 9.44. The second kappa shape index (κ2) is 10.0. The standard InChI is InChI=1S/C28H19ClF3N3O4/c29-17-9-5-16(6-10-17)24-19-3-1-2-4-20(19)33-26(38)25(24)21-13-22(15-7-11-18(30)12-8-15)35(34-21)27(39)28(31,32)14-23(36)37/h1-12,22H,13-14H2,(H,33,38)(H,36,37). The van der Waals surface area contributed by atoms with Gasteiger partial charge in [-0.15, -0.1) is 0 Å². The van der Waals surface area contributed by atoms with Crippen LogP contribution in [0.1, 0.15) is 30.0 Å². The van der Waals surface area contributed by atoms with Crippen LogP contribution in [0.4, 0.5) is 13.2 Å². The maximum Gasteiger partial charge on any atom is 0.337 e. The molecule has 0 fully saturated rings. The molecule has 1 amide bonds. The molecule has 1 aliphatic rings. The molecule has 11 heteroatoms. The normalized spacial score (nSPS) is 15.4. The van der Waals surface area contributed by atoms with Crippen LogP contribution in [0.3, 0.4) is 0 Å². The predicted octanol–water partition coefficient (Wildman–Crippen LogP) is 5.78. The van der Waals surface area contributed by atoms with E-state index in [1.54, 1.807) is 48.5 Å². The van der Waals surface area contributed by atoms with Crippen LogP contribution < -0.4 is 5.56 Å². The number of aromatic nitrogens is 1. The molecule has 0 spiro atoms. The summed E-state index contributed by atoms with van der Waals surface area (Å²) < 4.78 is 43.0. The van der Waals surface area contributed by atoms with Gasteiger partial charge in [-0.05, 0) is 41.5 Å². The highest BCUT2D eigenvalue weighted by atomic mass is 35.5. The Kier molecular flexibility index (Phi) is 6.73. The van der Waals surface area contributed by atoms with Crippen molar-refractivity contribution < 1.29 is 27.9 Å². The molecule has 1 unspecified atom stereocenters. The van der Waals surface area contributed by atoms with Crippen LogP contribution in [0.5, 0.6) is 0 Å². The number of amides is 1. The fraction of sp³-hybridized carbons (Fsp3) is 0.143. The number of fused-ring (bicyclic) bond motifs is 1. The van der Waals surface area contributed by atoms with Gasteiger partial charge in [0.25, 0.3) is 5.56 Å². The summed E-state index contributed by atoms with van der Waals surface area (Å²) in [6, 6.07) is 17.4. The van der Waals surface area contributed by atoms with Crippen molar-refractivity contribution in [3.63, 3.8) is 0 Å². The van der Waals surface area contributed by atoms with Gasteiger partial charge in [0, 0.05) is 27.9 Å². The van der Waals surface area contributed by atoms with Crippen molar-refractivity contribution in [1.29, 1.82) is 0 Å². The van der Waals surface area contributed by atoms with E-state index in [0.717, 1.165) is 12.1 Å². The highest BCUT2D eigenvalue weighted by Gasteiger charge is 2.49. The fourth-order valence-electron chi connectivity index (χ4n) is 4.66. The number of carboxylic acid groups (broad SMARTS) is 1. The summed E-state index contributed by atoms with van der Waals surface area (Å²) in [6.45, 7) is 0. The van der Waals surface area contributed by atoms with E-state index in [-0.39, 0.29) is 23.3 Å². The van der Waals surface area contributed by atoms with Crippen molar-refractivity contribution in [3.05, 3.63) is 105 Å². The van der Waals surface area contributed by atoms with Gasteiger partial charge in [-0.25, -0.2) is 9.40 Å². The summed E-state index contributed by atoms with van der Waals surface area (Å²) in [5.74, 6) is -8.58. The first-order chi connectivity index (χ1) is 18.5. The van der Waals surface area contributed by atoms with Gasteiger partial charge in [0.2, 0.25) is 0 Å². The number of carboxylic acids is 1. The van der Waals surface area contributed by atoms with Gasteiger partial charge in [-0.3, -0.25) is 14.4 Å². The van der Waals surface area contributed by atoms with Gasteiger partial charge in [-0.2, -0.15) is 13.9 Å². The predicted molar refractivity (Wildman–Crippen MR) is 139 cm³/mol. The lowest BCUT2D eigenvalue weighted by molar-refractivity contribution is -0.167. The summed E-state index contributed by atoms with van der Waals surface area (Å²) in [4.78, 5) is 40.2. The van der Waals surface area contributed by atoms with Crippen molar-refractivity contribution in [2.24, 2.45) is 5.10 Å². The zero-order valence-electron chi connectivity index (χ0n) is 20.0. The number of carbonyl (C=O) groups is 2. The van der Waals surface area contributed by atoms with Crippen molar-refractivity contribution in [2.45, 2.75) is 24.8 Å². The molecule has 2 heterocycles. The largest absolute Gasteiger partial charge is 0.481 e. The lowest BCUT2D eigenvalue weighted by Crippen LogP contribution is -2.42. The minimum absolute atomic E-state index is 0.0285. The van der Waals surface area contributed by atoms with E-state index in [2.05, 4.69) is 10.1 Å². The molecular formula is C28H19ClF3N3O4. The summed E-state index contributed by atoms with van der Waals surface area (Å²) >= 11 is 6.07. The Balaban J connectivity index is 1.72. The quantitative estimate of drug-likeness (QED) is 0.316. The first kappa shape index (κ1) is 26.2. The van der Waals surface area contributed by atoms with E-state index >= 15 is 0 Å². The number of hydrogen-bond acceptors (Lipinski definition) is 4. The number of carbonyl (C=O) groups excluding carboxylic acids is 1. The number of hydrogen-bond donors (Lipinski definition) is 2. The van der Waals surface area contributed by atoms with Crippen LogP contribution in [-0.4, -0.2) is 38.6 Å². The number of benzene rings is 3. The molecule has 1 atom stereocenters. The number of H-pyrrole nitrogens is 1. The molecule has 39 heavy (non-hydrogen) atoms. The number of halogens is 4. The number of nitrogens with zero attached hydrogens (tertiary/aromatic N) is 2. The van der Waals surface area contributed by atoms with E-state index in [0.29, 0.717) is 32.1 Å². The third kappa shape index (κ3) is 5.03. The van der Waals surface area contributed by atoms with Crippen LogP contribution >= 0.6 is 11.6 Å². The van der Waals surface area contributed by atoms with Crippen LogP contribution in [0, 0.1) is 5.82 Å². The highest BCUT2D eigenvalue weighted by Crippen LogP contribution is 2.39. The average molecular weight is 554 g/mol. The Labute approximate surface area is 224 Å². The fourth-order valence-corrected chi connectivity index (χ4v) is 4.79. The van der Waals surface area contributed by atoms with Crippen LogP contribution in [0.2, 0.25) is 5.02 Å². The minimum Gasteiger partial charge on any atom is -0.481 e.